The standard InChI is InChI=1S/C17H15N2O2/c1-17(2)10-14(15-5-3-4-8-19(15)20)13-9-12(11-18)6-7-16(13)21-17/h3-10,20H,1-2H3/q+1. The predicted molar refractivity (Wildman–Crippen MR) is 76.8 cm³/mol. The molecule has 3 rings (SSSR count). The van der Waals surface area contributed by atoms with Gasteiger partial charge in [0.15, 0.2) is 0 Å². The topological polar surface area (TPSA) is 57.1 Å². The Morgan fingerprint density at radius 1 is 1.24 bits per heavy atom. The maximum Gasteiger partial charge on any atom is 0.265 e. The lowest BCUT2D eigenvalue weighted by Crippen LogP contribution is -2.36. The molecule has 1 aliphatic rings. The average Bonchev–Trinajstić information content (AvgIpc) is 2.46. The third kappa shape index (κ3) is 2.34. The number of nitriles is 1. The van der Waals surface area contributed by atoms with Gasteiger partial charge in [0, 0.05) is 22.4 Å². The van der Waals surface area contributed by atoms with E-state index in [1.165, 1.54) is 0 Å². The third-order valence-corrected chi connectivity index (χ3v) is 3.38. The maximum atomic E-state index is 10.1. The molecule has 104 valence electrons. The minimum Gasteiger partial charge on any atom is -0.483 e. The number of aromatic nitrogens is 1. The highest BCUT2D eigenvalue weighted by Crippen LogP contribution is 2.38. The third-order valence-electron chi connectivity index (χ3n) is 3.38. The van der Waals surface area contributed by atoms with E-state index in [0.29, 0.717) is 17.0 Å². The van der Waals surface area contributed by atoms with Crippen LogP contribution in [-0.4, -0.2) is 10.8 Å². The minimum atomic E-state index is -0.487. The molecule has 0 atom stereocenters. The van der Waals surface area contributed by atoms with E-state index in [-0.39, 0.29) is 0 Å². The van der Waals surface area contributed by atoms with Crippen LogP contribution >= 0.6 is 0 Å². The molecule has 0 aliphatic carbocycles. The highest BCUT2D eigenvalue weighted by molar-refractivity contribution is 5.82. The Morgan fingerprint density at radius 3 is 2.76 bits per heavy atom. The van der Waals surface area contributed by atoms with Crippen molar-refractivity contribution in [2.75, 3.05) is 0 Å². The van der Waals surface area contributed by atoms with E-state index in [2.05, 4.69) is 6.07 Å². The molecule has 4 nitrogen and oxygen atoms in total. The van der Waals surface area contributed by atoms with Gasteiger partial charge in [-0.1, -0.05) is 0 Å². The molecule has 0 fully saturated rings. The molecule has 1 aliphatic heterocycles. The fraction of sp³-hybridized carbons (Fsp3) is 0.176. The Hall–Kier alpha value is -2.80. The summed E-state index contributed by atoms with van der Waals surface area (Å²) < 4.78 is 7.01. The number of nitrogens with zero attached hydrogens (tertiary/aromatic N) is 2. The lowest BCUT2D eigenvalue weighted by atomic mass is 9.91. The summed E-state index contributed by atoms with van der Waals surface area (Å²) in [7, 11) is 0. The molecule has 0 saturated heterocycles. The largest absolute Gasteiger partial charge is 0.483 e. The molecule has 0 saturated carbocycles. The van der Waals surface area contributed by atoms with E-state index in [1.54, 1.807) is 30.5 Å². The van der Waals surface area contributed by atoms with Gasteiger partial charge in [0.2, 0.25) is 6.20 Å². The van der Waals surface area contributed by atoms with Crippen LogP contribution in [0.15, 0.2) is 48.7 Å². The van der Waals surface area contributed by atoms with Crippen LogP contribution in [0.25, 0.3) is 5.57 Å². The highest BCUT2D eigenvalue weighted by atomic mass is 16.5. The maximum absolute atomic E-state index is 10.1. The van der Waals surface area contributed by atoms with E-state index < -0.39 is 5.60 Å². The lowest BCUT2D eigenvalue weighted by molar-refractivity contribution is -0.906. The highest BCUT2D eigenvalue weighted by Gasteiger charge is 2.31. The number of hydrogen-bond donors (Lipinski definition) is 1. The summed E-state index contributed by atoms with van der Waals surface area (Å²) in [5.41, 5.74) is 2.39. The first kappa shape index (κ1) is 13.2. The molecule has 1 aromatic heterocycles. The van der Waals surface area contributed by atoms with Crippen molar-refractivity contribution in [3.05, 3.63) is 65.5 Å². The van der Waals surface area contributed by atoms with E-state index in [4.69, 9.17) is 10.00 Å². The number of hydrogen-bond acceptors (Lipinski definition) is 3. The summed E-state index contributed by atoms with van der Waals surface area (Å²) in [6.07, 6.45) is 3.53. The zero-order valence-corrected chi connectivity index (χ0v) is 11.9. The first-order chi connectivity index (χ1) is 10.00. The molecule has 1 aromatic carbocycles. The van der Waals surface area contributed by atoms with Crippen LogP contribution in [0.5, 0.6) is 5.75 Å². The van der Waals surface area contributed by atoms with Gasteiger partial charge >= 0.3 is 0 Å². The fourth-order valence-electron chi connectivity index (χ4n) is 2.50. The zero-order chi connectivity index (χ0) is 15.0. The Balaban J connectivity index is 2.26. The molecule has 2 aromatic rings. The van der Waals surface area contributed by atoms with Crippen LogP contribution in [0.3, 0.4) is 0 Å². The average molecular weight is 279 g/mol. The Labute approximate surface area is 123 Å². The monoisotopic (exact) mass is 279 g/mol. The van der Waals surface area contributed by atoms with E-state index >= 15 is 0 Å². The van der Waals surface area contributed by atoms with Crippen molar-refractivity contribution in [2.45, 2.75) is 19.4 Å². The van der Waals surface area contributed by atoms with Gasteiger partial charge in [-0.2, -0.15) is 5.26 Å². The normalized spacial score (nSPS) is 15.4. The number of ether oxygens (including phenoxy) is 1. The first-order valence-electron chi connectivity index (χ1n) is 6.67. The van der Waals surface area contributed by atoms with E-state index in [1.807, 2.05) is 32.1 Å². The summed E-state index contributed by atoms with van der Waals surface area (Å²) in [5.74, 6) is 0.709. The summed E-state index contributed by atoms with van der Waals surface area (Å²) in [4.78, 5) is 0. The Kier molecular flexibility index (Phi) is 2.91. The first-order valence-corrected chi connectivity index (χ1v) is 6.67. The van der Waals surface area contributed by atoms with Crippen molar-refractivity contribution in [2.24, 2.45) is 0 Å². The van der Waals surface area contributed by atoms with Gasteiger partial charge in [0.1, 0.15) is 11.4 Å². The smallest absolute Gasteiger partial charge is 0.265 e. The molecule has 4 heteroatoms. The molecule has 0 amide bonds. The second kappa shape index (κ2) is 4.64. The molecular weight excluding hydrogens is 264 g/mol. The van der Waals surface area contributed by atoms with Crippen molar-refractivity contribution >= 4 is 5.57 Å². The summed E-state index contributed by atoms with van der Waals surface area (Å²) >= 11 is 0. The van der Waals surface area contributed by atoms with Gasteiger partial charge in [-0.05, 0) is 44.2 Å². The van der Waals surface area contributed by atoms with E-state index in [0.717, 1.165) is 15.9 Å². The van der Waals surface area contributed by atoms with E-state index in [9.17, 15) is 5.21 Å². The summed E-state index contributed by atoms with van der Waals surface area (Å²) in [6.45, 7) is 3.91. The molecule has 0 spiro atoms. The van der Waals surface area contributed by atoms with Crippen molar-refractivity contribution in [1.29, 1.82) is 5.26 Å². The van der Waals surface area contributed by atoms with Gasteiger partial charge in [0.25, 0.3) is 5.69 Å². The second-order valence-corrected chi connectivity index (χ2v) is 5.52. The molecule has 0 unspecified atom stereocenters. The van der Waals surface area contributed by atoms with Crippen molar-refractivity contribution in [1.82, 2.24) is 0 Å². The molecular formula is C17H15N2O2+. The van der Waals surface area contributed by atoms with Crippen LogP contribution in [-0.2, 0) is 0 Å². The predicted octanol–water partition coefficient (Wildman–Crippen LogP) is 2.69. The second-order valence-electron chi connectivity index (χ2n) is 5.52. The molecule has 0 radical (unpaired) electrons. The van der Waals surface area contributed by atoms with Crippen molar-refractivity contribution < 1.29 is 14.7 Å². The van der Waals surface area contributed by atoms with Crippen LogP contribution < -0.4 is 9.47 Å². The van der Waals surface area contributed by atoms with Crippen LogP contribution in [0.1, 0.15) is 30.7 Å². The van der Waals surface area contributed by atoms with Gasteiger partial charge in [-0.3, -0.25) is 5.21 Å². The number of benzene rings is 1. The van der Waals surface area contributed by atoms with Crippen LogP contribution in [0.4, 0.5) is 0 Å². The summed E-state index contributed by atoms with van der Waals surface area (Å²) in [6, 6.07) is 12.9. The molecule has 21 heavy (non-hydrogen) atoms. The van der Waals surface area contributed by atoms with Crippen molar-refractivity contribution in [3.63, 3.8) is 0 Å². The number of pyridine rings is 1. The molecule has 1 N–H and O–H groups in total. The SMILES string of the molecule is CC1(C)C=C(c2cccc[n+]2O)c2cc(C#N)ccc2O1. The molecule has 2 heterocycles. The van der Waals surface area contributed by atoms with Gasteiger partial charge in [0.05, 0.1) is 17.2 Å². The minimum absolute atomic E-state index is 0.487. The molecule has 0 bridgehead atoms. The summed E-state index contributed by atoms with van der Waals surface area (Å²) in [5, 5.41) is 19.1. The Morgan fingerprint density at radius 2 is 2.05 bits per heavy atom. The number of rotatable bonds is 1. The Bertz CT molecular complexity index is 786. The van der Waals surface area contributed by atoms with Crippen molar-refractivity contribution in [3.8, 4) is 11.8 Å². The fourth-order valence-corrected chi connectivity index (χ4v) is 2.50. The zero-order valence-electron chi connectivity index (χ0n) is 11.9. The quantitative estimate of drug-likeness (QED) is 0.645. The lowest BCUT2D eigenvalue weighted by Gasteiger charge is -2.30. The van der Waals surface area contributed by atoms with Crippen LogP contribution in [0.2, 0.25) is 0 Å². The van der Waals surface area contributed by atoms with Gasteiger partial charge < -0.3 is 4.74 Å². The van der Waals surface area contributed by atoms with Gasteiger partial charge in [-0.25, -0.2) is 0 Å². The van der Waals surface area contributed by atoms with Gasteiger partial charge in [-0.15, -0.1) is 0 Å². The van der Waals surface area contributed by atoms with Crippen LogP contribution in [0, 0.1) is 11.3 Å². The number of fused-ring (bicyclic) bond motifs is 1.